The average Bonchev–Trinajstić information content (AvgIpc) is 2.06. The van der Waals surface area contributed by atoms with Gasteiger partial charge >= 0.3 is 0 Å². The molecule has 2 nitrogen and oxygen atoms in total. The number of nitrogens with zero attached hydrogens (tertiary/aromatic N) is 1. The molecule has 0 aromatic heterocycles. The SMILES string of the molecule is N/N=C/C(Br)=C/c1ccccc1. The monoisotopic (exact) mass is 224 g/mol. The van der Waals surface area contributed by atoms with Crippen LogP contribution < -0.4 is 5.84 Å². The Hall–Kier alpha value is -1.09. The van der Waals surface area contributed by atoms with Gasteiger partial charge in [-0.05, 0) is 27.6 Å². The van der Waals surface area contributed by atoms with Crippen molar-refractivity contribution in [2.75, 3.05) is 0 Å². The zero-order valence-corrected chi connectivity index (χ0v) is 8.03. The Labute approximate surface area is 79.9 Å². The highest BCUT2D eigenvalue weighted by Crippen LogP contribution is 2.09. The lowest BCUT2D eigenvalue weighted by molar-refractivity contribution is 1.27. The molecule has 1 rings (SSSR count). The third kappa shape index (κ3) is 2.88. The van der Waals surface area contributed by atoms with Crippen molar-refractivity contribution in [1.82, 2.24) is 0 Å². The minimum Gasteiger partial charge on any atom is -0.323 e. The standard InChI is InChI=1S/C9H9BrN2/c10-9(7-12-11)6-8-4-2-1-3-5-8/h1-7H,11H2/b9-6-,12-7+. The zero-order valence-electron chi connectivity index (χ0n) is 6.44. The summed E-state index contributed by atoms with van der Waals surface area (Å²) in [5, 5.41) is 3.39. The number of hydrogen-bond donors (Lipinski definition) is 1. The van der Waals surface area contributed by atoms with Crippen LogP contribution in [0.1, 0.15) is 5.56 Å². The molecule has 2 N–H and O–H groups in total. The van der Waals surface area contributed by atoms with Crippen molar-refractivity contribution >= 4 is 28.2 Å². The van der Waals surface area contributed by atoms with Crippen LogP contribution in [0.2, 0.25) is 0 Å². The van der Waals surface area contributed by atoms with Crippen LogP contribution >= 0.6 is 15.9 Å². The van der Waals surface area contributed by atoms with Crippen LogP contribution in [0, 0.1) is 0 Å². The van der Waals surface area contributed by atoms with Gasteiger partial charge in [-0.3, -0.25) is 0 Å². The molecule has 1 aromatic rings. The summed E-state index contributed by atoms with van der Waals surface area (Å²) in [4.78, 5) is 0. The highest BCUT2D eigenvalue weighted by molar-refractivity contribution is 9.12. The molecule has 0 amide bonds. The van der Waals surface area contributed by atoms with Crippen LogP contribution in [0.15, 0.2) is 39.9 Å². The molecule has 0 aliphatic rings. The van der Waals surface area contributed by atoms with Crippen molar-refractivity contribution < 1.29 is 0 Å². The highest BCUT2D eigenvalue weighted by atomic mass is 79.9. The fraction of sp³-hybridized carbons (Fsp3) is 0. The Morgan fingerprint density at radius 2 is 2.00 bits per heavy atom. The Kier molecular flexibility index (Phi) is 3.54. The van der Waals surface area contributed by atoms with E-state index in [-0.39, 0.29) is 0 Å². The van der Waals surface area contributed by atoms with Crippen LogP contribution in [0.5, 0.6) is 0 Å². The molecule has 0 saturated heterocycles. The van der Waals surface area contributed by atoms with Crippen molar-refractivity contribution in [3.05, 3.63) is 40.4 Å². The highest BCUT2D eigenvalue weighted by Gasteiger charge is 1.87. The molecule has 0 saturated carbocycles. The fourth-order valence-corrected chi connectivity index (χ4v) is 1.20. The summed E-state index contributed by atoms with van der Waals surface area (Å²) in [6, 6.07) is 9.94. The number of allylic oxidation sites excluding steroid dienone is 1. The van der Waals surface area contributed by atoms with E-state index in [1.165, 1.54) is 0 Å². The van der Waals surface area contributed by atoms with Crippen molar-refractivity contribution in [2.45, 2.75) is 0 Å². The predicted molar refractivity (Wildman–Crippen MR) is 56.0 cm³/mol. The zero-order chi connectivity index (χ0) is 8.81. The maximum atomic E-state index is 4.98. The van der Waals surface area contributed by atoms with Gasteiger partial charge in [0.1, 0.15) is 0 Å². The van der Waals surface area contributed by atoms with Crippen LogP contribution in [0.4, 0.5) is 0 Å². The summed E-state index contributed by atoms with van der Waals surface area (Å²) in [7, 11) is 0. The first-order valence-corrected chi connectivity index (χ1v) is 4.28. The average molecular weight is 225 g/mol. The maximum absolute atomic E-state index is 4.98. The van der Waals surface area contributed by atoms with Gasteiger partial charge in [0.25, 0.3) is 0 Å². The molecule has 0 atom stereocenters. The van der Waals surface area contributed by atoms with Crippen molar-refractivity contribution in [2.24, 2.45) is 10.9 Å². The molecule has 0 unspecified atom stereocenters. The van der Waals surface area contributed by atoms with Crippen molar-refractivity contribution in [3.8, 4) is 0 Å². The van der Waals surface area contributed by atoms with E-state index in [1.807, 2.05) is 36.4 Å². The van der Waals surface area contributed by atoms with Crippen molar-refractivity contribution in [3.63, 3.8) is 0 Å². The molecule has 0 aliphatic heterocycles. The van der Waals surface area contributed by atoms with E-state index in [1.54, 1.807) is 6.21 Å². The quantitative estimate of drug-likeness (QED) is 0.468. The molecular weight excluding hydrogens is 216 g/mol. The largest absolute Gasteiger partial charge is 0.323 e. The number of halogens is 1. The topological polar surface area (TPSA) is 38.4 Å². The smallest absolute Gasteiger partial charge is 0.0607 e. The lowest BCUT2D eigenvalue weighted by Gasteiger charge is -1.91. The molecule has 12 heavy (non-hydrogen) atoms. The molecule has 0 bridgehead atoms. The van der Waals surface area contributed by atoms with Gasteiger partial charge in [-0.15, -0.1) is 0 Å². The maximum Gasteiger partial charge on any atom is 0.0607 e. The summed E-state index contributed by atoms with van der Waals surface area (Å²) in [6.07, 6.45) is 3.49. The van der Waals surface area contributed by atoms with Gasteiger partial charge in [-0.25, -0.2) is 0 Å². The first-order valence-electron chi connectivity index (χ1n) is 3.48. The summed E-state index contributed by atoms with van der Waals surface area (Å²) in [5.74, 6) is 4.98. The molecule has 62 valence electrons. The van der Waals surface area contributed by atoms with Gasteiger partial charge in [0.2, 0.25) is 0 Å². The van der Waals surface area contributed by atoms with Crippen LogP contribution in [-0.4, -0.2) is 6.21 Å². The number of rotatable bonds is 2. The molecular formula is C9H9BrN2. The van der Waals surface area contributed by atoms with Gasteiger partial charge in [0.05, 0.1) is 6.21 Å². The van der Waals surface area contributed by atoms with Crippen LogP contribution in [-0.2, 0) is 0 Å². The number of benzene rings is 1. The predicted octanol–water partition coefficient (Wildman–Crippen LogP) is 2.37. The molecule has 0 fully saturated rings. The van der Waals surface area contributed by atoms with E-state index in [0.717, 1.165) is 10.0 Å². The first-order chi connectivity index (χ1) is 5.83. The summed E-state index contributed by atoms with van der Waals surface area (Å²) in [5.41, 5.74) is 1.12. The second-order valence-corrected chi connectivity index (χ2v) is 3.13. The Bertz CT molecular complexity index is 291. The third-order valence-corrected chi connectivity index (χ3v) is 1.74. The molecule has 3 heteroatoms. The molecule has 0 aliphatic carbocycles. The summed E-state index contributed by atoms with van der Waals surface area (Å²) in [6.45, 7) is 0. The van der Waals surface area contributed by atoms with E-state index in [9.17, 15) is 0 Å². The lowest BCUT2D eigenvalue weighted by Crippen LogP contribution is -1.82. The fourth-order valence-electron chi connectivity index (χ4n) is 0.817. The van der Waals surface area contributed by atoms with Gasteiger partial charge in [-0.1, -0.05) is 30.3 Å². The lowest BCUT2D eigenvalue weighted by atomic mass is 10.2. The van der Waals surface area contributed by atoms with Gasteiger partial charge in [0, 0.05) is 4.48 Å². The minimum atomic E-state index is 0.858. The Morgan fingerprint density at radius 3 is 2.58 bits per heavy atom. The molecule has 1 aromatic carbocycles. The summed E-state index contributed by atoms with van der Waals surface area (Å²) >= 11 is 3.31. The van der Waals surface area contributed by atoms with Crippen LogP contribution in [0.3, 0.4) is 0 Å². The second kappa shape index (κ2) is 4.72. The third-order valence-electron chi connectivity index (χ3n) is 1.30. The minimum absolute atomic E-state index is 0.858. The van der Waals surface area contributed by atoms with Gasteiger partial charge < -0.3 is 5.84 Å². The van der Waals surface area contributed by atoms with Gasteiger partial charge in [-0.2, -0.15) is 5.10 Å². The van der Waals surface area contributed by atoms with E-state index in [2.05, 4.69) is 21.0 Å². The number of hydrogen-bond acceptors (Lipinski definition) is 2. The molecule has 0 heterocycles. The normalized spacial score (nSPS) is 12.2. The first kappa shape index (κ1) is 9.00. The summed E-state index contributed by atoms with van der Waals surface area (Å²) < 4.78 is 0.858. The van der Waals surface area contributed by atoms with Crippen LogP contribution in [0.25, 0.3) is 6.08 Å². The van der Waals surface area contributed by atoms with E-state index < -0.39 is 0 Å². The second-order valence-electron chi connectivity index (χ2n) is 2.22. The van der Waals surface area contributed by atoms with Crippen molar-refractivity contribution in [1.29, 1.82) is 0 Å². The van der Waals surface area contributed by atoms with E-state index in [4.69, 9.17) is 5.84 Å². The van der Waals surface area contributed by atoms with E-state index >= 15 is 0 Å². The molecule has 0 radical (unpaired) electrons. The Balaban J connectivity index is 2.81. The molecule has 0 spiro atoms. The Morgan fingerprint density at radius 1 is 1.33 bits per heavy atom. The van der Waals surface area contributed by atoms with Gasteiger partial charge in [0.15, 0.2) is 0 Å². The number of hydrazone groups is 1. The van der Waals surface area contributed by atoms with E-state index in [0.29, 0.717) is 0 Å². The number of nitrogens with two attached hydrogens (primary N) is 1.